The number of carbonyl (C=O) groups excluding carboxylic acids is 2. The Morgan fingerprint density at radius 1 is 1.04 bits per heavy atom. The molecule has 0 atom stereocenters. The Labute approximate surface area is 162 Å². The highest BCUT2D eigenvalue weighted by molar-refractivity contribution is 6.02. The van der Waals surface area contributed by atoms with Crippen molar-refractivity contribution in [2.24, 2.45) is 0 Å². The summed E-state index contributed by atoms with van der Waals surface area (Å²) in [7, 11) is 0. The van der Waals surface area contributed by atoms with Gasteiger partial charge in [0.25, 0.3) is 0 Å². The van der Waals surface area contributed by atoms with Crippen LogP contribution in [0, 0.1) is 6.92 Å². The van der Waals surface area contributed by atoms with E-state index in [2.05, 4.69) is 15.6 Å². The number of nitrogen functional groups attached to an aromatic ring is 1. The monoisotopic (exact) mass is 376 g/mol. The molecular weight excluding hydrogens is 356 g/mol. The third-order valence-electron chi connectivity index (χ3n) is 3.89. The van der Waals surface area contributed by atoms with Crippen LogP contribution in [0.4, 0.5) is 16.3 Å². The topological polar surface area (TPSA) is 106 Å². The van der Waals surface area contributed by atoms with Crippen molar-refractivity contribution in [2.75, 3.05) is 11.1 Å². The van der Waals surface area contributed by atoms with Crippen LogP contribution >= 0.6 is 0 Å². The molecule has 3 amide bonds. The van der Waals surface area contributed by atoms with Crippen LogP contribution in [0.5, 0.6) is 11.5 Å². The van der Waals surface area contributed by atoms with Gasteiger partial charge in [0.15, 0.2) is 0 Å². The molecule has 0 aliphatic rings. The quantitative estimate of drug-likeness (QED) is 0.630. The fraction of sp³-hybridized carbons (Fsp3) is 0.0952. The van der Waals surface area contributed by atoms with E-state index in [1.807, 2.05) is 37.3 Å². The summed E-state index contributed by atoms with van der Waals surface area (Å²) < 4.78 is 5.73. The number of benzene rings is 2. The molecule has 0 saturated carbocycles. The number of hydrogen-bond donors (Lipinski definition) is 3. The van der Waals surface area contributed by atoms with E-state index in [4.69, 9.17) is 10.5 Å². The van der Waals surface area contributed by atoms with Crippen LogP contribution in [-0.4, -0.2) is 16.9 Å². The zero-order valence-corrected chi connectivity index (χ0v) is 15.3. The number of ether oxygens (including phenoxy) is 1. The first-order valence-corrected chi connectivity index (χ1v) is 8.64. The largest absolute Gasteiger partial charge is 0.457 e. The van der Waals surface area contributed by atoms with Crippen molar-refractivity contribution in [1.82, 2.24) is 10.3 Å². The molecule has 142 valence electrons. The zero-order chi connectivity index (χ0) is 19.9. The minimum absolute atomic E-state index is 0.134. The van der Waals surface area contributed by atoms with Gasteiger partial charge in [-0.3, -0.25) is 10.1 Å². The number of amides is 3. The molecule has 2 aromatic carbocycles. The van der Waals surface area contributed by atoms with Gasteiger partial charge in [-0.2, -0.15) is 0 Å². The first-order chi connectivity index (χ1) is 13.5. The fourth-order valence-electron chi connectivity index (χ4n) is 2.57. The highest BCUT2D eigenvalue weighted by atomic mass is 16.5. The number of pyridine rings is 1. The minimum atomic E-state index is -0.584. The number of anilines is 2. The van der Waals surface area contributed by atoms with Crippen LogP contribution in [0.15, 0.2) is 66.9 Å². The van der Waals surface area contributed by atoms with Gasteiger partial charge in [-0.15, -0.1) is 0 Å². The molecule has 1 heterocycles. The van der Waals surface area contributed by atoms with Gasteiger partial charge in [0.1, 0.15) is 17.3 Å². The van der Waals surface area contributed by atoms with Crippen LogP contribution in [0.2, 0.25) is 0 Å². The molecule has 0 saturated heterocycles. The SMILES string of the molecule is Cc1cc(Oc2ccnc(N)c2)ccc1NC(=O)NC(=O)Cc1ccccc1. The van der Waals surface area contributed by atoms with E-state index >= 15 is 0 Å². The standard InChI is InChI=1S/C21H20N4O3/c1-14-11-16(28-17-9-10-23-19(22)13-17)7-8-18(14)24-21(27)25-20(26)12-15-5-3-2-4-6-15/h2-11,13H,12H2,1H3,(H2,22,23)(H2,24,25,26,27). The van der Waals surface area contributed by atoms with Gasteiger partial charge < -0.3 is 15.8 Å². The lowest BCUT2D eigenvalue weighted by Gasteiger charge is -2.12. The maximum absolute atomic E-state index is 12.1. The summed E-state index contributed by atoms with van der Waals surface area (Å²) >= 11 is 0. The Balaban J connectivity index is 1.58. The van der Waals surface area contributed by atoms with Crippen molar-refractivity contribution < 1.29 is 14.3 Å². The van der Waals surface area contributed by atoms with Crippen molar-refractivity contribution >= 4 is 23.4 Å². The molecule has 1 aromatic heterocycles. The lowest BCUT2D eigenvalue weighted by molar-refractivity contribution is -0.119. The van der Waals surface area contributed by atoms with Crippen LogP contribution in [0.3, 0.4) is 0 Å². The molecule has 0 aliphatic heterocycles. The Hall–Kier alpha value is -3.87. The normalized spacial score (nSPS) is 10.2. The second-order valence-corrected chi connectivity index (χ2v) is 6.16. The molecule has 0 unspecified atom stereocenters. The van der Waals surface area contributed by atoms with E-state index in [1.165, 1.54) is 0 Å². The van der Waals surface area contributed by atoms with E-state index in [0.29, 0.717) is 23.0 Å². The van der Waals surface area contributed by atoms with Crippen LogP contribution in [0.25, 0.3) is 0 Å². The van der Waals surface area contributed by atoms with Crippen LogP contribution in [-0.2, 0) is 11.2 Å². The zero-order valence-electron chi connectivity index (χ0n) is 15.3. The second kappa shape index (κ2) is 8.68. The maximum Gasteiger partial charge on any atom is 0.325 e. The van der Waals surface area contributed by atoms with Crippen molar-refractivity contribution in [3.63, 3.8) is 0 Å². The third kappa shape index (κ3) is 5.31. The molecule has 4 N–H and O–H groups in total. The lowest BCUT2D eigenvalue weighted by atomic mass is 10.1. The first kappa shape index (κ1) is 18.9. The van der Waals surface area contributed by atoms with Gasteiger partial charge in [0.2, 0.25) is 5.91 Å². The summed E-state index contributed by atoms with van der Waals surface area (Å²) in [4.78, 5) is 28.0. The molecule has 3 rings (SSSR count). The van der Waals surface area contributed by atoms with Crippen LogP contribution < -0.4 is 21.1 Å². The molecule has 7 nitrogen and oxygen atoms in total. The molecule has 28 heavy (non-hydrogen) atoms. The summed E-state index contributed by atoms with van der Waals surface area (Å²) in [5, 5.41) is 4.99. The van der Waals surface area contributed by atoms with Gasteiger partial charge in [-0.1, -0.05) is 30.3 Å². The van der Waals surface area contributed by atoms with Crippen molar-refractivity contribution in [2.45, 2.75) is 13.3 Å². The highest BCUT2D eigenvalue weighted by Gasteiger charge is 2.10. The summed E-state index contributed by atoms with van der Waals surface area (Å²) in [6.45, 7) is 1.83. The summed E-state index contributed by atoms with van der Waals surface area (Å²) in [5.41, 5.74) is 7.83. The summed E-state index contributed by atoms with van der Waals surface area (Å²) in [5.74, 6) is 1.15. The second-order valence-electron chi connectivity index (χ2n) is 6.16. The molecular formula is C21H20N4O3. The van der Waals surface area contributed by atoms with Crippen molar-refractivity contribution in [1.29, 1.82) is 0 Å². The van der Waals surface area contributed by atoms with Gasteiger partial charge in [-0.25, -0.2) is 9.78 Å². The number of urea groups is 1. The van der Waals surface area contributed by atoms with E-state index < -0.39 is 6.03 Å². The Morgan fingerprint density at radius 3 is 2.50 bits per heavy atom. The Morgan fingerprint density at radius 2 is 1.79 bits per heavy atom. The number of nitrogens with one attached hydrogen (secondary N) is 2. The third-order valence-corrected chi connectivity index (χ3v) is 3.89. The van der Waals surface area contributed by atoms with Gasteiger partial charge in [-0.05, 0) is 42.3 Å². The summed E-state index contributed by atoms with van der Waals surface area (Å²) in [6, 6.07) is 17.1. The van der Waals surface area contributed by atoms with Crippen LogP contribution in [0.1, 0.15) is 11.1 Å². The Kier molecular flexibility index (Phi) is 5.86. The predicted molar refractivity (Wildman–Crippen MR) is 107 cm³/mol. The Bertz CT molecular complexity index is 990. The van der Waals surface area contributed by atoms with E-state index in [-0.39, 0.29) is 12.3 Å². The number of aryl methyl sites for hydroxylation is 1. The van der Waals surface area contributed by atoms with Gasteiger partial charge in [0.05, 0.1) is 6.42 Å². The molecule has 7 heteroatoms. The number of nitrogens with two attached hydrogens (primary N) is 1. The number of aromatic nitrogens is 1. The van der Waals surface area contributed by atoms with Gasteiger partial charge in [0, 0.05) is 18.0 Å². The number of hydrogen-bond acceptors (Lipinski definition) is 5. The smallest absolute Gasteiger partial charge is 0.325 e. The average Bonchev–Trinajstić information content (AvgIpc) is 2.64. The lowest BCUT2D eigenvalue weighted by Crippen LogP contribution is -2.35. The van der Waals surface area contributed by atoms with Gasteiger partial charge >= 0.3 is 6.03 Å². The fourth-order valence-corrected chi connectivity index (χ4v) is 2.57. The number of carbonyl (C=O) groups is 2. The maximum atomic E-state index is 12.1. The van der Waals surface area contributed by atoms with E-state index in [1.54, 1.807) is 36.5 Å². The van der Waals surface area contributed by atoms with Crippen molar-refractivity contribution in [3.05, 3.63) is 78.0 Å². The molecule has 0 radical (unpaired) electrons. The van der Waals surface area contributed by atoms with E-state index in [9.17, 15) is 9.59 Å². The molecule has 0 spiro atoms. The highest BCUT2D eigenvalue weighted by Crippen LogP contribution is 2.26. The van der Waals surface area contributed by atoms with E-state index in [0.717, 1.165) is 11.1 Å². The number of rotatable bonds is 5. The predicted octanol–water partition coefficient (Wildman–Crippen LogP) is 3.66. The average molecular weight is 376 g/mol. The molecule has 0 bridgehead atoms. The molecule has 3 aromatic rings. The first-order valence-electron chi connectivity index (χ1n) is 8.64. The number of imide groups is 1. The number of nitrogens with zero attached hydrogens (tertiary/aromatic N) is 1. The minimum Gasteiger partial charge on any atom is -0.457 e. The van der Waals surface area contributed by atoms with Crippen molar-refractivity contribution in [3.8, 4) is 11.5 Å². The molecule has 0 fully saturated rings. The molecule has 0 aliphatic carbocycles. The summed E-state index contributed by atoms with van der Waals surface area (Å²) in [6.07, 6.45) is 1.69.